The number of fused-ring (bicyclic) bond motifs is 1. The molecule has 0 aliphatic carbocycles. The van der Waals surface area contributed by atoms with Crippen LogP contribution in [0.1, 0.15) is 36.9 Å². The van der Waals surface area contributed by atoms with Crippen LogP contribution in [-0.2, 0) is 20.7 Å². The summed E-state index contributed by atoms with van der Waals surface area (Å²) in [5.41, 5.74) is 1.57. The maximum Gasteiger partial charge on any atom is 0.330 e. The van der Waals surface area contributed by atoms with Gasteiger partial charge < -0.3 is 19.9 Å². The van der Waals surface area contributed by atoms with E-state index < -0.39 is 12.0 Å². The molecule has 6 heteroatoms. The fourth-order valence-electron chi connectivity index (χ4n) is 3.17. The van der Waals surface area contributed by atoms with Gasteiger partial charge in [-0.3, -0.25) is 4.79 Å². The Balaban J connectivity index is 1.74. The Morgan fingerprint density at radius 3 is 2.91 bits per heavy atom. The molecule has 3 rings (SSSR count). The van der Waals surface area contributed by atoms with Crippen molar-refractivity contribution < 1.29 is 24.2 Å². The minimum absolute atomic E-state index is 0.0277. The van der Waals surface area contributed by atoms with Crippen LogP contribution in [0.4, 0.5) is 0 Å². The van der Waals surface area contributed by atoms with Gasteiger partial charge in [0.25, 0.3) is 0 Å². The lowest BCUT2D eigenvalue weighted by Gasteiger charge is -2.27. The average molecular weight is 319 g/mol. The zero-order chi connectivity index (χ0) is 16.4. The number of ether oxygens (including phenoxy) is 2. The lowest BCUT2D eigenvalue weighted by molar-refractivity contribution is -0.143. The Hall–Kier alpha value is -2.08. The molecular formula is C17H21NO5. The van der Waals surface area contributed by atoms with E-state index in [0.29, 0.717) is 31.6 Å². The van der Waals surface area contributed by atoms with Gasteiger partial charge in [-0.15, -0.1) is 0 Å². The summed E-state index contributed by atoms with van der Waals surface area (Å²) in [6.07, 6.45) is 2.04. The van der Waals surface area contributed by atoms with Crippen molar-refractivity contribution in [3.05, 3.63) is 29.3 Å². The van der Waals surface area contributed by atoms with Crippen LogP contribution in [0.2, 0.25) is 0 Å². The van der Waals surface area contributed by atoms with E-state index in [1.165, 1.54) is 0 Å². The topological polar surface area (TPSA) is 84.9 Å². The molecule has 1 saturated heterocycles. The lowest BCUT2D eigenvalue weighted by Crippen LogP contribution is -2.40. The van der Waals surface area contributed by atoms with Gasteiger partial charge in [-0.25, -0.2) is 4.79 Å². The first-order chi connectivity index (χ1) is 11.0. The van der Waals surface area contributed by atoms with Crippen molar-refractivity contribution in [2.75, 3.05) is 13.2 Å². The summed E-state index contributed by atoms with van der Waals surface area (Å²) in [4.78, 5) is 24.0. The number of hydrogen-bond acceptors (Lipinski definition) is 4. The minimum Gasteiger partial charge on any atom is -0.493 e. The first kappa shape index (κ1) is 15.8. The molecule has 1 fully saturated rings. The first-order valence-corrected chi connectivity index (χ1v) is 7.95. The van der Waals surface area contributed by atoms with Crippen molar-refractivity contribution in [2.24, 2.45) is 5.92 Å². The Labute approximate surface area is 134 Å². The van der Waals surface area contributed by atoms with Crippen LogP contribution in [0, 0.1) is 5.92 Å². The fourth-order valence-corrected chi connectivity index (χ4v) is 3.17. The van der Waals surface area contributed by atoms with Crippen molar-refractivity contribution in [1.82, 2.24) is 5.32 Å². The molecule has 2 aliphatic rings. The lowest BCUT2D eigenvalue weighted by atomic mass is 9.94. The Bertz CT molecular complexity index is 615. The van der Waals surface area contributed by atoms with Gasteiger partial charge in [0.2, 0.25) is 5.91 Å². The minimum atomic E-state index is -1.06. The molecule has 1 aromatic carbocycles. The van der Waals surface area contributed by atoms with Gasteiger partial charge in [-0.05, 0) is 43.0 Å². The van der Waals surface area contributed by atoms with Crippen LogP contribution < -0.4 is 10.1 Å². The second kappa shape index (κ2) is 6.58. The highest BCUT2D eigenvalue weighted by Crippen LogP contribution is 2.29. The summed E-state index contributed by atoms with van der Waals surface area (Å²) in [6.45, 7) is 3.07. The molecule has 2 aliphatic heterocycles. The second-order valence-electron chi connectivity index (χ2n) is 6.15. The largest absolute Gasteiger partial charge is 0.493 e. The highest BCUT2D eigenvalue weighted by Gasteiger charge is 2.30. The van der Waals surface area contributed by atoms with Crippen molar-refractivity contribution in [3.63, 3.8) is 0 Å². The highest BCUT2D eigenvalue weighted by molar-refractivity contribution is 5.86. The monoisotopic (exact) mass is 319 g/mol. The van der Waals surface area contributed by atoms with Crippen LogP contribution in [0.3, 0.4) is 0 Å². The Morgan fingerprint density at radius 1 is 1.35 bits per heavy atom. The average Bonchev–Trinajstić information content (AvgIpc) is 2.99. The molecule has 2 N–H and O–H groups in total. The van der Waals surface area contributed by atoms with Gasteiger partial charge in [-0.2, -0.15) is 0 Å². The van der Waals surface area contributed by atoms with Gasteiger partial charge in [0.05, 0.1) is 12.7 Å². The predicted octanol–water partition coefficient (Wildman–Crippen LogP) is 1.68. The quantitative estimate of drug-likeness (QED) is 0.882. The number of benzene rings is 1. The second-order valence-corrected chi connectivity index (χ2v) is 6.15. The molecule has 124 valence electrons. The molecular weight excluding hydrogens is 298 g/mol. The van der Waals surface area contributed by atoms with Gasteiger partial charge in [0.1, 0.15) is 5.75 Å². The van der Waals surface area contributed by atoms with Crippen LogP contribution in [-0.4, -0.2) is 36.3 Å². The van der Waals surface area contributed by atoms with E-state index in [2.05, 4.69) is 5.32 Å². The van der Waals surface area contributed by atoms with Crippen molar-refractivity contribution >= 4 is 11.9 Å². The predicted molar refractivity (Wildman–Crippen MR) is 82.3 cm³/mol. The Morgan fingerprint density at radius 2 is 2.17 bits per heavy atom. The normalized spacial score (nSPS) is 24.4. The van der Waals surface area contributed by atoms with E-state index >= 15 is 0 Å². The summed E-state index contributed by atoms with van der Waals surface area (Å²) >= 11 is 0. The van der Waals surface area contributed by atoms with Crippen LogP contribution in [0.15, 0.2) is 18.2 Å². The number of carbonyl (C=O) groups is 2. The number of nitrogens with one attached hydrogen (secondary N) is 1. The van der Waals surface area contributed by atoms with Gasteiger partial charge in [0.15, 0.2) is 6.04 Å². The van der Waals surface area contributed by atoms with Gasteiger partial charge in [0, 0.05) is 18.9 Å². The third-order valence-electron chi connectivity index (χ3n) is 4.44. The van der Waals surface area contributed by atoms with E-state index in [-0.39, 0.29) is 17.9 Å². The molecule has 6 nitrogen and oxygen atoms in total. The molecule has 1 amide bonds. The number of amides is 1. The number of hydrogen-bond donors (Lipinski definition) is 2. The Kier molecular flexibility index (Phi) is 4.52. The third-order valence-corrected chi connectivity index (χ3v) is 4.44. The van der Waals surface area contributed by atoms with Crippen molar-refractivity contribution in [2.45, 2.75) is 38.3 Å². The van der Waals surface area contributed by atoms with Gasteiger partial charge >= 0.3 is 5.97 Å². The highest BCUT2D eigenvalue weighted by atomic mass is 16.5. The molecule has 0 spiro atoms. The summed E-state index contributed by atoms with van der Waals surface area (Å²) in [5, 5.41) is 12.2. The first-order valence-electron chi connectivity index (χ1n) is 7.95. The number of aliphatic carboxylic acids is 1. The number of carbonyl (C=O) groups excluding carboxylic acids is 1. The number of carboxylic acids is 1. The number of rotatable bonds is 4. The molecule has 0 aromatic heterocycles. The molecule has 23 heavy (non-hydrogen) atoms. The smallest absolute Gasteiger partial charge is 0.330 e. The summed E-state index contributed by atoms with van der Waals surface area (Å²) in [5.74, 6) is -0.678. The number of carboxylic acid groups (broad SMARTS) is 1. The van der Waals surface area contributed by atoms with E-state index in [1.54, 1.807) is 12.1 Å². The third kappa shape index (κ3) is 3.47. The molecule has 2 heterocycles. The summed E-state index contributed by atoms with van der Waals surface area (Å²) in [6, 6.07) is 4.26. The standard InChI is InChI=1S/C17H21NO5/c1-10-8-13(5-6-22-10)16(19)18-15(17(20)21)12-2-3-14-11(9-12)4-7-23-14/h2-3,9-10,13,15H,4-8H2,1H3,(H,18,19)(H,20,21). The van der Waals surface area contributed by atoms with Gasteiger partial charge in [-0.1, -0.05) is 6.07 Å². The van der Waals surface area contributed by atoms with E-state index in [0.717, 1.165) is 17.7 Å². The summed E-state index contributed by atoms with van der Waals surface area (Å²) < 4.78 is 10.9. The molecule has 0 saturated carbocycles. The van der Waals surface area contributed by atoms with Crippen LogP contribution >= 0.6 is 0 Å². The maximum atomic E-state index is 12.4. The van der Waals surface area contributed by atoms with Crippen LogP contribution in [0.25, 0.3) is 0 Å². The molecule has 3 atom stereocenters. The van der Waals surface area contributed by atoms with Crippen molar-refractivity contribution in [1.29, 1.82) is 0 Å². The molecule has 0 radical (unpaired) electrons. The SMILES string of the molecule is CC1CC(C(=O)NC(C(=O)O)c2ccc3c(c2)CCO3)CCO1. The van der Waals surface area contributed by atoms with Crippen molar-refractivity contribution in [3.8, 4) is 5.75 Å². The zero-order valence-corrected chi connectivity index (χ0v) is 13.1. The maximum absolute atomic E-state index is 12.4. The summed E-state index contributed by atoms with van der Waals surface area (Å²) in [7, 11) is 0. The van der Waals surface area contributed by atoms with Crippen LogP contribution in [0.5, 0.6) is 5.75 Å². The molecule has 3 unspecified atom stereocenters. The van der Waals surface area contributed by atoms with E-state index in [4.69, 9.17) is 9.47 Å². The zero-order valence-electron chi connectivity index (χ0n) is 13.1. The molecule has 0 bridgehead atoms. The van der Waals surface area contributed by atoms with E-state index in [9.17, 15) is 14.7 Å². The molecule has 1 aromatic rings. The fraction of sp³-hybridized carbons (Fsp3) is 0.529. The van der Waals surface area contributed by atoms with E-state index in [1.807, 2.05) is 13.0 Å².